The number of carbonyl (C=O) groups excluding carboxylic acids is 1. The van der Waals surface area contributed by atoms with Crippen LogP contribution in [0, 0.1) is 0 Å². The van der Waals surface area contributed by atoms with Gasteiger partial charge in [-0.05, 0) is 13.0 Å². The number of hydrogen-bond acceptors (Lipinski definition) is 1. The van der Waals surface area contributed by atoms with Gasteiger partial charge in [0.2, 0.25) is 0 Å². The third kappa shape index (κ3) is 7.26. The zero-order valence-electron chi connectivity index (χ0n) is 9.18. The molecule has 0 aliphatic rings. The van der Waals surface area contributed by atoms with Crippen LogP contribution < -0.4 is 0 Å². The van der Waals surface area contributed by atoms with E-state index in [1.807, 2.05) is 27.7 Å². The SMILES string of the molecule is C=C/C(=C\C(=C)C)C(=O)CC.CC. The van der Waals surface area contributed by atoms with E-state index in [-0.39, 0.29) is 5.78 Å². The van der Waals surface area contributed by atoms with Gasteiger partial charge in [-0.1, -0.05) is 45.6 Å². The second kappa shape index (κ2) is 8.98. The van der Waals surface area contributed by atoms with Crippen LogP contribution in [0.2, 0.25) is 0 Å². The molecule has 0 bridgehead atoms. The summed E-state index contributed by atoms with van der Waals surface area (Å²) in [6, 6.07) is 0. The molecule has 0 aromatic carbocycles. The molecule has 0 radical (unpaired) electrons. The third-order valence-electron chi connectivity index (χ3n) is 1.26. The summed E-state index contributed by atoms with van der Waals surface area (Å²) in [5.41, 5.74) is 1.53. The lowest BCUT2D eigenvalue weighted by Crippen LogP contribution is -1.97. The Labute approximate surface area is 81.9 Å². The highest BCUT2D eigenvalue weighted by molar-refractivity contribution is 5.98. The van der Waals surface area contributed by atoms with E-state index in [0.29, 0.717) is 12.0 Å². The Kier molecular flexibility index (Phi) is 9.96. The lowest BCUT2D eigenvalue weighted by molar-refractivity contribution is -0.114. The van der Waals surface area contributed by atoms with Crippen LogP contribution >= 0.6 is 0 Å². The highest BCUT2D eigenvalue weighted by atomic mass is 16.1. The standard InChI is InChI=1S/C10H14O.C2H6/c1-5-9(7-8(3)4)10(11)6-2;1-2/h5,7H,1,3,6H2,2,4H3;1-2H3/b9-7+;. The number of hydrogen-bond donors (Lipinski definition) is 0. The van der Waals surface area contributed by atoms with E-state index in [1.54, 1.807) is 12.2 Å². The minimum atomic E-state index is 0.114. The first-order valence-electron chi connectivity index (χ1n) is 4.64. The number of rotatable bonds is 4. The smallest absolute Gasteiger partial charge is 0.162 e. The summed E-state index contributed by atoms with van der Waals surface area (Å²) in [7, 11) is 0. The fraction of sp³-hybridized carbons (Fsp3) is 0.417. The van der Waals surface area contributed by atoms with Crippen molar-refractivity contribution in [3.63, 3.8) is 0 Å². The summed E-state index contributed by atoms with van der Waals surface area (Å²) in [6.45, 7) is 14.9. The van der Waals surface area contributed by atoms with Crippen molar-refractivity contribution in [2.75, 3.05) is 0 Å². The first-order chi connectivity index (χ1) is 6.11. The van der Waals surface area contributed by atoms with E-state index in [4.69, 9.17) is 0 Å². The summed E-state index contributed by atoms with van der Waals surface area (Å²) in [5.74, 6) is 0.114. The van der Waals surface area contributed by atoms with E-state index in [2.05, 4.69) is 13.2 Å². The van der Waals surface area contributed by atoms with Gasteiger partial charge in [-0.25, -0.2) is 0 Å². The average Bonchev–Trinajstić information content (AvgIpc) is 2.16. The summed E-state index contributed by atoms with van der Waals surface area (Å²) in [6.07, 6.45) is 3.84. The zero-order valence-corrected chi connectivity index (χ0v) is 9.18. The molecule has 74 valence electrons. The predicted octanol–water partition coefficient (Wildman–Crippen LogP) is 3.68. The first kappa shape index (κ1) is 14.4. The maximum Gasteiger partial charge on any atom is 0.162 e. The van der Waals surface area contributed by atoms with Crippen LogP contribution in [-0.4, -0.2) is 5.78 Å². The second-order valence-electron chi connectivity index (χ2n) is 2.43. The monoisotopic (exact) mass is 180 g/mol. The van der Waals surface area contributed by atoms with Gasteiger partial charge in [0.05, 0.1) is 0 Å². The molecule has 0 heterocycles. The van der Waals surface area contributed by atoms with E-state index < -0.39 is 0 Å². The maximum atomic E-state index is 11.1. The van der Waals surface area contributed by atoms with Gasteiger partial charge < -0.3 is 0 Å². The van der Waals surface area contributed by atoms with Gasteiger partial charge in [0.1, 0.15) is 0 Å². The number of ketones is 1. The van der Waals surface area contributed by atoms with Crippen LogP contribution in [0.3, 0.4) is 0 Å². The largest absolute Gasteiger partial charge is 0.294 e. The second-order valence-corrected chi connectivity index (χ2v) is 2.43. The fourth-order valence-electron chi connectivity index (χ4n) is 0.723. The predicted molar refractivity (Wildman–Crippen MR) is 59.7 cm³/mol. The normalized spacial score (nSPS) is 9.69. The molecular formula is C12H20O. The number of Topliss-reactive ketones (excluding diaryl/α,β-unsaturated/α-hetero) is 1. The molecule has 0 aromatic rings. The van der Waals surface area contributed by atoms with Gasteiger partial charge >= 0.3 is 0 Å². The van der Waals surface area contributed by atoms with E-state index in [9.17, 15) is 4.79 Å². The van der Waals surface area contributed by atoms with Gasteiger partial charge in [-0.2, -0.15) is 0 Å². The molecule has 1 nitrogen and oxygen atoms in total. The summed E-state index contributed by atoms with van der Waals surface area (Å²) in [4.78, 5) is 11.1. The molecule has 0 N–H and O–H groups in total. The Hall–Kier alpha value is -1.11. The molecule has 0 aliphatic heterocycles. The molecule has 0 fully saturated rings. The minimum absolute atomic E-state index is 0.114. The summed E-state index contributed by atoms with van der Waals surface area (Å²) < 4.78 is 0. The van der Waals surface area contributed by atoms with E-state index in [1.165, 1.54) is 0 Å². The van der Waals surface area contributed by atoms with Crippen LogP contribution in [0.25, 0.3) is 0 Å². The quantitative estimate of drug-likeness (QED) is 0.476. The van der Waals surface area contributed by atoms with Crippen molar-refractivity contribution in [1.82, 2.24) is 0 Å². The molecule has 0 spiro atoms. The fourth-order valence-corrected chi connectivity index (χ4v) is 0.723. The van der Waals surface area contributed by atoms with Crippen molar-refractivity contribution in [3.8, 4) is 0 Å². The Morgan fingerprint density at radius 3 is 2.08 bits per heavy atom. The van der Waals surface area contributed by atoms with E-state index in [0.717, 1.165) is 5.57 Å². The van der Waals surface area contributed by atoms with Gasteiger partial charge in [0.15, 0.2) is 5.78 Å². The average molecular weight is 180 g/mol. The van der Waals surface area contributed by atoms with Crippen LogP contribution in [0.4, 0.5) is 0 Å². The molecule has 0 saturated heterocycles. The van der Waals surface area contributed by atoms with Crippen LogP contribution in [0.15, 0.2) is 36.5 Å². The van der Waals surface area contributed by atoms with Crippen molar-refractivity contribution in [2.24, 2.45) is 0 Å². The molecule has 0 unspecified atom stereocenters. The lowest BCUT2D eigenvalue weighted by Gasteiger charge is -1.96. The molecule has 0 amide bonds. The maximum absolute atomic E-state index is 11.1. The molecular weight excluding hydrogens is 160 g/mol. The van der Waals surface area contributed by atoms with Crippen LogP contribution in [0.5, 0.6) is 0 Å². The molecule has 0 aromatic heterocycles. The van der Waals surface area contributed by atoms with Gasteiger partial charge in [-0.3, -0.25) is 4.79 Å². The van der Waals surface area contributed by atoms with Crippen LogP contribution in [-0.2, 0) is 4.79 Å². The molecule has 13 heavy (non-hydrogen) atoms. The molecule has 1 heteroatoms. The Bertz CT molecular complexity index is 209. The third-order valence-corrected chi connectivity index (χ3v) is 1.26. The molecule has 0 saturated carbocycles. The Balaban J connectivity index is 0. The summed E-state index contributed by atoms with van der Waals surface area (Å²) in [5, 5.41) is 0. The topological polar surface area (TPSA) is 17.1 Å². The molecule has 0 aliphatic carbocycles. The van der Waals surface area contributed by atoms with Crippen molar-refractivity contribution < 1.29 is 4.79 Å². The van der Waals surface area contributed by atoms with E-state index >= 15 is 0 Å². The molecule has 0 atom stereocenters. The zero-order chi connectivity index (χ0) is 10.9. The van der Waals surface area contributed by atoms with Gasteiger partial charge in [-0.15, -0.1) is 0 Å². The van der Waals surface area contributed by atoms with Crippen molar-refractivity contribution in [2.45, 2.75) is 34.1 Å². The van der Waals surface area contributed by atoms with Crippen molar-refractivity contribution >= 4 is 5.78 Å². The summed E-state index contributed by atoms with van der Waals surface area (Å²) >= 11 is 0. The highest BCUT2D eigenvalue weighted by Crippen LogP contribution is 2.04. The Morgan fingerprint density at radius 1 is 1.38 bits per heavy atom. The van der Waals surface area contributed by atoms with Crippen molar-refractivity contribution in [1.29, 1.82) is 0 Å². The Morgan fingerprint density at radius 2 is 1.85 bits per heavy atom. The first-order valence-corrected chi connectivity index (χ1v) is 4.64. The lowest BCUT2D eigenvalue weighted by atomic mass is 10.1. The van der Waals surface area contributed by atoms with Crippen LogP contribution in [0.1, 0.15) is 34.1 Å². The van der Waals surface area contributed by atoms with Gasteiger partial charge in [0, 0.05) is 12.0 Å². The molecule has 0 rings (SSSR count). The highest BCUT2D eigenvalue weighted by Gasteiger charge is 2.00. The van der Waals surface area contributed by atoms with Gasteiger partial charge in [0.25, 0.3) is 0 Å². The minimum Gasteiger partial charge on any atom is -0.294 e. The number of carbonyl (C=O) groups is 1. The van der Waals surface area contributed by atoms with Crippen molar-refractivity contribution in [3.05, 3.63) is 36.5 Å². The number of allylic oxidation sites excluding steroid dienone is 4.